The Kier molecular flexibility index (Phi) is 3.72. The summed E-state index contributed by atoms with van der Waals surface area (Å²) in [6.07, 6.45) is 2.37. The van der Waals surface area contributed by atoms with Crippen molar-refractivity contribution in [3.8, 4) is 5.75 Å². The zero-order valence-corrected chi connectivity index (χ0v) is 10.6. The summed E-state index contributed by atoms with van der Waals surface area (Å²) in [5.74, 6) is 1.52. The number of halogens is 1. The summed E-state index contributed by atoms with van der Waals surface area (Å²) < 4.78 is 5.36. The lowest BCUT2D eigenvalue weighted by molar-refractivity contribution is 0.408. The summed E-state index contributed by atoms with van der Waals surface area (Å²) in [7, 11) is 1.70. The van der Waals surface area contributed by atoms with Gasteiger partial charge < -0.3 is 10.1 Å². The average molecular weight is 240 g/mol. The van der Waals surface area contributed by atoms with Crippen molar-refractivity contribution in [2.24, 2.45) is 0 Å². The molecule has 0 aliphatic carbocycles. The van der Waals surface area contributed by atoms with E-state index in [-0.39, 0.29) is 0 Å². The van der Waals surface area contributed by atoms with Crippen molar-refractivity contribution < 1.29 is 4.74 Å². The van der Waals surface area contributed by atoms with Crippen LogP contribution in [0.2, 0.25) is 5.02 Å². The molecule has 1 fully saturated rings. The van der Waals surface area contributed by atoms with Crippen LogP contribution in [0, 0.1) is 6.92 Å². The van der Waals surface area contributed by atoms with Crippen molar-refractivity contribution in [1.29, 1.82) is 0 Å². The third-order valence-corrected chi connectivity index (χ3v) is 3.74. The Morgan fingerprint density at radius 3 is 2.62 bits per heavy atom. The average Bonchev–Trinajstić information content (AvgIpc) is 2.33. The quantitative estimate of drug-likeness (QED) is 0.856. The third-order valence-electron chi connectivity index (χ3n) is 3.35. The van der Waals surface area contributed by atoms with Gasteiger partial charge in [0.2, 0.25) is 0 Å². The van der Waals surface area contributed by atoms with Crippen LogP contribution >= 0.6 is 11.6 Å². The summed E-state index contributed by atoms with van der Waals surface area (Å²) in [6, 6.07) is 4.23. The van der Waals surface area contributed by atoms with Gasteiger partial charge in [-0.2, -0.15) is 0 Å². The minimum atomic E-state index is 0.619. The maximum absolute atomic E-state index is 6.22. The van der Waals surface area contributed by atoms with Gasteiger partial charge in [-0.25, -0.2) is 0 Å². The fourth-order valence-corrected chi connectivity index (χ4v) is 2.50. The molecule has 0 bridgehead atoms. The van der Waals surface area contributed by atoms with Crippen molar-refractivity contribution in [3.63, 3.8) is 0 Å². The summed E-state index contributed by atoms with van der Waals surface area (Å²) in [5.41, 5.74) is 2.34. The first-order chi connectivity index (χ1) is 7.72. The number of nitrogens with one attached hydrogen (secondary N) is 1. The Labute approximate surface area is 102 Å². The Balaban J connectivity index is 2.29. The van der Waals surface area contributed by atoms with Crippen LogP contribution in [0.4, 0.5) is 0 Å². The molecule has 1 saturated heterocycles. The number of hydrogen-bond donors (Lipinski definition) is 1. The molecule has 3 heteroatoms. The minimum Gasteiger partial charge on any atom is -0.496 e. The van der Waals surface area contributed by atoms with Gasteiger partial charge in [-0.15, -0.1) is 0 Å². The molecule has 0 saturated carbocycles. The molecule has 16 heavy (non-hydrogen) atoms. The van der Waals surface area contributed by atoms with Crippen LogP contribution in [-0.4, -0.2) is 20.2 Å². The fraction of sp³-hybridized carbons (Fsp3) is 0.538. The van der Waals surface area contributed by atoms with Crippen LogP contribution in [0.1, 0.15) is 29.9 Å². The van der Waals surface area contributed by atoms with Crippen molar-refractivity contribution in [2.75, 3.05) is 20.2 Å². The smallest absolute Gasteiger partial charge is 0.123 e. The van der Waals surface area contributed by atoms with Crippen LogP contribution in [0.5, 0.6) is 5.75 Å². The molecule has 1 heterocycles. The molecular weight excluding hydrogens is 222 g/mol. The Morgan fingerprint density at radius 1 is 1.31 bits per heavy atom. The van der Waals surface area contributed by atoms with Gasteiger partial charge in [0.25, 0.3) is 0 Å². The number of rotatable bonds is 2. The molecule has 0 unspecified atom stereocenters. The maximum Gasteiger partial charge on any atom is 0.123 e. The lowest BCUT2D eigenvalue weighted by Gasteiger charge is -2.24. The first-order valence-electron chi connectivity index (χ1n) is 5.77. The molecule has 0 amide bonds. The number of methoxy groups -OCH3 is 1. The van der Waals surface area contributed by atoms with Gasteiger partial charge in [0.05, 0.1) is 7.11 Å². The highest BCUT2D eigenvalue weighted by Crippen LogP contribution is 2.33. The predicted molar refractivity (Wildman–Crippen MR) is 67.6 cm³/mol. The predicted octanol–water partition coefficient (Wildman–Crippen LogP) is 3.12. The Hall–Kier alpha value is -0.730. The molecule has 1 aliphatic rings. The van der Waals surface area contributed by atoms with Gasteiger partial charge in [0.1, 0.15) is 5.75 Å². The van der Waals surface area contributed by atoms with E-state index in [2.05, 4.69) is 17.4 Å². The van der Waals surface area contributed by atoms with Crippen LogP contribution in [-0.2, 0) is 0 Å². The molecule has 0 atom stereocenters. The number of ether oxygens (including phenoxy) is 1. The molecule has 2 nitrogen and oxygen atoms in total. The molecule has 2 rings (SSSR count). The van der Waals surface area contributed by atoms with Crippen molar-refractivity contribution in [2.45, 2.75) is 25.7 Å². The molecule has 1 N–H and O–H groups in total. The summed E-state index contributed by atoms with van der Waals surface area (Å²) in [4.78, 5) is 0. The zero-order chi connectivity index (χ0) is 11.5. The highest BCUT2D eigenvalue weighted by atomic mass is 35.5. The van der Waals surface area contributed by atoms with Crippen molar-refractivity contribution in [3.05, 3.63) is 28.3 Å². The topological polar surface area (TPSA) is 21.3 Å². The van der Waals surface area contributed by atoms with E-state index in [0.29, 0.717) is 5.92 Å². The van der Waals surface area contributed by atoms with E-state index in [1.807, 2.05) is 6.92 Å². The second-order valence-electron chi connectivity index (χ2n) is 4.35. The molecule has 0 radical (unpaired) electrons. The standard InChI is InChI=1S/C13H18ClNO/c1-9-12(14)7-11(8-13(9)16-2)10-3-5-15-6-4-10/h7-8,10,15H,3-6H2,1-2H3. The molecular formula is C13H18ClNO. The van der Waals surface area contributed by atoms with E-state index in [1.165, 1.54) is 18.4 Å². The Morgan fingerprint density at radius 2 is 2.00 bits per heavy atom. The van der Waals surface area contributed by atoms with E-state index in [0.717, 1.165) is 29.4 Å². The van der Waals surface area contributed by atoms with E-state index in [9.17, 15) is 0 Å². The van der Waals surface area contributed by atoms with Gasteiger partial charge in [-0.3, -0.25) is 0 Å². The molecule has 88 valence electrons. The van der Waals surface area contributed by atoms with Crippen LogP contribution < -0.4 is 10.1 Å². The van der Waals surface area contributed by atoms with Crippen LogP contribution in [0.3, 0.4) is 0 Å². The van der Waals surface area contributed by atoms with E-state index in [1.54, 1.807) is 7.11 Å². The van der Waals surface area contributed by atoms with Crippen molar-refractivity contribution >= 4 is 11.6 Å². The third kappa shape index (κ3) is 2.33. The first-order valence-corrected chi connectivity index (χ1v) is 6.15. The van der Waals surface area contributed by atoms with E-state index in [4.69, 9.17) is 16.3 Å². The monoisotopic (exact) mass is 239 g/mol. The van der Waals surface area contributed by atoms with E-state index >= 15 is 0 Å². The second kappa shape index (κ2) is 5.07. The van der Waals surface area contributed by atoms with Crippen LogP contribution in [0.15, 0.2) is 12.1 Å². The molecule has 0 aromatic heterocycles. The molecule has 0 spiro atoms. The second-order valence-corrected chi connectivity index (χ2v) is 4.76. The minimum absolute atomic E-state index is 0.619. The number of hydrogen-bond acceptors (Lipinski definition) is 2. The first kappa shape index (κ1) is 11.7. The zero-order valence-electron chi connectivity index (χ0n) is 9.85. The van der Waals surface area contributed by atoms with E-state index < -0.39 is 0 Å². The largest absolute Gasteiger partial charge is 0.496 e. The summed E-state index contributed by atoms with van der Waals surface area (Å²) in [6.45, 7) is 4.18. The van der Waals surface area contributed by atoms with Gasteiger partial charge in [0, 0.05) is 10.6 Å². The van der Waals surface area contributed by atoms with Crippen LogP contribution in [0.25, 0.3) is 0 Å². The molecule has 1 aromatic rings. The van der Waals surface area contributed by atoms with Gasteiger partial charge in [-0.1, -0.05) is 11.6 Å². The van der Waals surface area contributed by atoms with Gasteiger partial charge in [0.15, 0.2) is 0 Å². The number of piperidine rings is 1. The van der Waals surface area contributed by atoms with Gasteiger partial charge >= 0.3 is 0 Å². The van der Waals surface area contributed by atoms with Crippen molar-refractivity contribution in [1.82, 2.24) is 5.32 Å². The Bertz CT molecular complexity index is 372. The van der Waals surface area contributed by atoms with Gasteiger partial charge in [-0.05, 0) is 56.5 Å². The maximum atomic E-state index is 6.22. The highest BCUT2D eigenvalue weighted by molar-refractivity contribution is 6.31. The summed E-state index contributed by atoms with van der Waals surface area (Å²) >= 11 is 6.22. The lowest BCUT2D eigenvalue weighted by Crippen LogP contribution is -2.26. The SMILES string of the molecule is COc1cc(C2CCNCC2)cc(Cl)c1C. The number of benzene rings is 1. The highest BCUT2D eigenvalue weighted by Gasteiger charge is 2.17. The molecule has 1 aromatic carbocycles. The fourth-order valence-electron chi connectivity index (χ4n) is 2.28. The normalized spacial score (nSPS) is 17.4. The lowest BCUT2D eigenvalue weighted by atomic mass is 9.89. The molecule has 1 aliphatic heterocycles. The summed E-state index contributed by atoms with van der Waals surface area (Å²) in [5, 5.41) is 4.19.